The smallest absolute Gasteiger partial charge is 0.280 e. The Kier molecular flexibility index (Phi) is 22.8. The lowest BCUT2D eigenvalue weighted by Gasteiger charge is -2.29. The van der Waals surface area contributed by atoms with Gasteiger partial charge in [-0.1, -0.05) is 124 Å². The quantitative estimate of drug-likeness (QED) is 0.0505. The number of aliphatic hydroxyl groups is 2. The van der Waals surface area contributed by atoms with Gasteiger partial charge in [-0.3, -0.25) is 24.0 Å². The SMILES string of the molecule is BrCCBr.Cc1ncsc1-c1ccc([C@H](C)NC(=O)[C@@H]2C[C@@H](O)CN2C(=O)C(c2cc(=O)[nH]o2)C(C)C)cc1.Cc1ncsc1-c1ccc([C@H](C)NC(=O)[C@@H]2C[C@@H](O)CN2C(=O)C(c2cc(OCCBr)no2)C(C)C)cc1. The molecular formula is C54H67Br3N8O10S2. The zero-order chi connectivity index (χ0) is 56.1. The lowest BCUT2D eigenvalue weighted by atomic mass is 9.91. The van der Waals surface area contributed by atoms with Crippen molar-refractivity contribution in [3.63, 3.8) is 0 Å². The number of nitrogens with zero attached hydrogens (tertiary/aromatic N) is 5. The molecule has 0 aliphatic carbocycles. The van der Waals surface area contributed by atoms with Gasteiger partial charge in [0.05, 0.1) is 63.1 Å². The normalized spacial score (nSPS) is 18.7. The lowest BCUT2D eigenvalue weighted by molar-refractivity contribution is -0.141. The van der Waals surface area contributed by atoms with Crippen LogP contribution in [0.25, 0.3) is 20.9 Å². The van der Waals surface area contributed by atoms with Crippen molar-refractivity contribution in [2.45, 2.75) is 116 Å². The Bertz CT molecular complexity index is 2920. The molecular weight excluding hydrogens is 1220 g/mol. The number of benzene rings is 2. The molecule has 5 N–H and O–H groups in total. The van der Waals surface area contributed by atoms with Crippen molar-refractivity contribution in [1.29, 1.82) is 0 Å². The van der Waals surface area contributed by atoms with E-state index in [9.17, 15) is 34.2 Å². The van der Waals surface area contributed by atoms with Crippen LogP contribution in [-0.4, -0.2) is 124 Å². The molecule has 8 rings (SSSR count). The van der Waals surface area contributed by atoms with E-state index in [1.54, 1.807) is 28.7 Å². The molecule has 2 saturated heterocycles. The van der Waals surface area contributed by atoms with E-state index in [1.165, 1.54) is 15.9 Å². The van der Waals surface area contributed by atoms with Gasteiger partial charge in [-0.15, -0.1) is 22.7 Å². The van der Waals surface area contributed by atoms with E-state index in [2.05, 4.69) is 78.7 Å². The summed E-state index contributed by atoms with van der Waals surface area (Å²) in [7, 11) is 0. The van der Waals surface area contributed by atoms with Crippen molar-refractivity contribution >= 4 is 94.1 Å². The number of aromatic nitrogens is 4. The van der Waals surface area contributed by atoms with E-state index in [1.807, 2.05) is 115 Å². The number of rotatable bonds is 18. The van der Waals surface area contributed by atoms with Crippen molar-refractivity contribution in [2.75, 3.05) is 35.7 Å². The van der Waals surface area contributed by atoms with Gasteiger partial charge >= 0.3 is 0 Å². The summed E-state index contributed by atoms with van der Waals surface area (Å²) < 4.78 is 16.1. The predicted octanol–water partition coefficient (Wildman–Crippen LogP) is 9.21. The number of thiazole rings is 2. The molecule has 6 aromatic rings. The molecule has 2 aliphatic heterocycles. The van der Waals surface area contributed by atoms with E-state index in [4.69, 9.17) is 13.8 Å². The Hall–Kier alpha value is -5.04. The average molecular weight is 1290 g/mol. The third-order valence-electron chi connectivity index (χ3n) is 13.2. The minimum atomic E-state index is -0.814. The van der Waals surface area contributed by atoms with Gasteiger partial charge in [0.1, 0.15) is 23.9 Å². The number of halogens is 3. The minimum absolute atomic E-state index is 0.0477. The van der Waals surface area contributed by atoms with Gasteiger partial charge in [0, 0.05) is 54.1 Å². The van der Waals surface area contributed by atoms with E-state index < -0.39 is 41.7 Å². The lowest BCUT2D eigenvalue weighted by Crippen LogP contribution is -2.48. The number of hydrogen-bond acceptors (Lipinski definition) is 15. The Balaban J connectivity index is 0.000000234. The largest absolute Gasteiger partial charge is 0.475 e. The van der Waals surface area contributed by atoms with Crippen LogP contribution in [-0.2, 0) is 19.2 Å². The molecule has 8 atom stereocenters. The molecule has 77 heavy (non-hydrogen) atoms. The van der Waals surface area contributed by atoms with Crippen molar-refractivity contribution in [1.82, 2.24) is 40.7 Å². The van der Waals surface area contributed by atoms with Crippen LogP contribution in [0, 0.1) is 25.7 Å². The topological polar surface area (TPSA) is 246 Å². The van der Waals surface area contributed by atoms with Crippen molar-refractivity contribution in [3.05, 3.63) is 116 Å². The molecule has 2 unspecified atom stereocenters. The first-order valence-corrected chi connectivity index (χ1v) is 30.4. The van der Waals surface area contributed by atoms with Crippen LogP contribution in [0.15, 0.2) is 85.5 Å². The van der Waals surface area contributed by atoms with E-state index in [0.717, 1.165) is 54.1 Å². The zero-order valence-corrected chi connectivity index (χ0v) is 50.6. The Labute approximate surface area is 481 Å². The number of ether oxygens (including phenoxy) is 1. The highest BCUT2D eigenvalue weighted by molar-refractivity contribution is 9.12. The molecule has 2 aromatic carbocycles. The van der Waals surface area contributed by atoms with E-state index in [0.29, 0.717) is 23.6 Å². The van der Waals surface area contributed by atoms with Crippen LogP contribution < -0.4 is 20.9 Å². The first-order valence-electron chi connectivity index (χ1n) is 25.3. The van der Waals surface area contributed by atoms with Crippen LogP contribution in [0.2, 0.25) is 0 Å². The number of amides is 4. The number of hydrogen-bond donors (Lipinski definition) is 5. The number of alkyl halides is 3. The first kappa shape index (κ1) is 61.2. The Morgan fingerprint density at radius 2 is 1.14 bits per heavy atom. The highest BCUT2D eigenvalue weighted by Gasteiger charge is 2.45. The summed E-state index contributed by atoms with van der Waals surface area (Å²) in [5, 5.41) is 35.6. The van der Waals surface area contributed by atoms with Gasteiger partial charge in [-0.05, 0) is 66.9 Å². The van der Waals surface area contributed by atoms with Gasteiger partial charge in [0.2, 0.25) is 23.6 Å². The molecule has 4 aromatic heterocycles. The molecule has 0 radical (unpaired) electrons. The Morgan fingerprint density at radius 1 is 0.701 bits per heavy atom. The molecule has 0 spiro atoms. The van der Waals surface area contributed by atoms with Crippen molar-refractivity contribution in [2.24, 2.45) is 11.8 Å². The van der Waals surface area contributed by atoms with Crippen LogP contribution >= 0.6 is 70.5 Å². The second-order valence-corrected chi connectivity index (χ2v) is 23.7. The van der Waals surface area contributed by atoms with Crippen LogP contribution in [0.1, 0.15) is 112 Å². The molecule has 2 fully saturated rings. The molecule has 18 nitrogen and oxygen atoms in total. The maximum Gasteiger partial charge on any atom is 0.280 e. The zero-order valence-electron chi connectivity index (χ0n) is 44.2. The highest BCUT2D eigenvalue weighted by atomic mass is 79.9. The molecule has 6 heterocycles. The second-order valence-electron chi connectivity index (χ2n) is 19.6. The summed E-state index contributed by atoms with van der Waals surface area (Å²) in [4.78, 5) is 79.0. The maximum absolute atomic E-state index is 13.7. The van der Waals surface area contributed by atoms with Gasteiger partial charge in [0.15, 0.2) is 11.5 Å². The van der Waals surface area contributed by atoms with Crippen molar-refractivity contribution < 1.29 is 43.2 Å². The summed E-state index contributed by atoms with van der Waals surface area (Å²) in [6, 6.07) is 16.7. The fourth-order valence-electron chi connectivity index (χ4n) is 9.31. The van der Waals surface area contributed by atoms with Gasteiger partial charge in [0.25, 0.3) is 11.4 Å². The standard InChI is InChI=1S/C27H33BrN4O5S.C25H30N4O5S.C2H4Br2/c1-15(2)24(22-12-23(31-37-22)36-10-9-28)27(35)32-13-20(33)11-21(32)26(34)30-16(3)18-5-7-19(8-6-18)25-17(4)29-14-38-25;1-13(2)22(20-10-21(31)28-34-20)25(33)29-11-18(30)9-19(29)24(32)27-14(3)16-5-7-17(8-6-16)23-15(4)26-12-35-23;3-1-2-4/h5-8,12,14-16,20-21,24,33H,9-11,13H2,1-4H3,(H,30,34);5-8,10,12-14,18-19,22,30H,9,11H2,1-4H3,(H,27,32)(H,28,31);1-2H2/t16-,20+,21-,24?;14-,18+,19-,22?;/m00./s1. The predicted molar refractivity (Wildman–Crippen MR) is 308 cm³/mol. The maximum atomic E-state index is 13.7. The molecule has 0 saturated carbocycles. The molecule has 23 heteroatoms. The number of carbonyl (C=O) groups is 4. The minimum Gasteiger partial charge on any atom is -0.475 e. The highest BCUT2D eigenvalue weighted by Crippen LogP contribution is 2.35. The van der Waals surface area contributed by atoms with Gasteiger partial charge < -0.3 is 44.4 Å². The third-order valence-corrected chi connectivity index (χ3v) is 17.3. The number of nitrogens with one attached hydrogen (secondary N) is 3. The summed E-state index contributed by atoms with van der Waals surface area (Å²) in [5.74, 6) is -2.07. The fraction of sp³-hybridized carbons (Fsp3) is 0.481. The number of β-amino-alcohol motifs (C(OH)–C–C–N with tert-alkyl or cyclic N) is 2. The van der Waals surface area contributed by atoms with Gasteiger partial charge in [-0.25, -0.2) is 9.97 Å². The Morgan fingerprint density at radius 3 is 1.51 bits per heavy atom. The summed E-state index contributed by atoms with van der Waals surface area (Å²) >= 11 is 12.9. The number of H-pyrrole nitrogens is 1. The first-order chi connectivity index (χ1) is 36.8. The van der Waals surface area contributed by atoms with E-state index in [-0.39, 0.29) is 79.2 Å². The summed E-state index contributed by atoms with van der Waals surface area (Å²) in [6.45, 7) is 15.8. The summed E-state index contributed by atoms with van der Waals surface area (Å²) in [5.41, 5.74) is 9.20. The fourth-order valence-corrected chi connectivity index (χ4v) is 11.1. The third kappa shape index (κ3) is 15.8. The average Bonchev–Trinajstić information content (AvgIpc) is 4.29. The number of aromatic amines is 1. The number of aliphatic hydroxyl groups excluding tert-OH is 2. The molecule has 0 bridgehead atoms. The number of likely N-dealkylation sites (tertiary alicyclic amines) is 2. The van der Waals surface area contributed by atoms with Crippen molar-refractivity contribution in [3.8, 4) is 26.8 Å². The van der Waals surface area contributed by atoms with Crippen LogP contribution in [0.4, 0.5) is 0 Å². The molecule has 4 amide bonds. The second kappa shape index (κ2) is 28.7. The number of aryl methyl sites for hydroxylation is 2. The van der Waals surface area contributed by atoms with Gasteiger partial charge in [-0.2, -0.15) is 5.16 Å². The summed E-state index contributed by atoms with van der Waals surface area (Å²) in [6.07, 6.45) is -1.27. The molecule has 416 valence electrons. The molecule has 2 aliphatic rings. The monoisotopic (exact) mass is 1290 g/mol. The number of carbonyl (C=O) groups excluding carboxylic acids is 4. The van der Waals surface area contributed by atoms with Crippen LogP contribution in [0.3, 0.4) is 0 Å². The van der Waals surface area contributed by atoms with Crippen LogP contribution in [0.5, 0.6) is 5.88 Å². The van der Waals surface area contributed by atoms with E-state index >= 15 is 0 Å².